The summed E-state index contributed by atoms with van der Waals surface area (Å²) < 4.78 is 5.64. The second-order valence-corrected chi connectivity index (χ2v) is 4.31. The fourth-order valence-electron chi connectivity index (χ4n) is 1.62. The molecule has 0 aromatic carbocycles. The van der Waals surface area contributed by atoms with E-state index in [1.807, 2.05) is 13.1 Å². The zero-order chi connectivity index (χ0) is 12.5. The average Bonchev–Trinajstić information content (AvgIpc) is 2.35. The first kappa shape index (κ1) is 14.1. The van der Waals surface area contributed by atoms with Gasteiger partial charge in [0, 0.05) is 18.5 Å². The number of aryl methyl sites for hydroxylation is 1. The summed E-state index contributed by atoms with van der Waals surface area (Å²) in [5, 5.41) is 3.50. The fourth-order valence-corrected chi connectivity index (χ4v) is 1.62. The van der Waals surface area contributed by atoms with Gasteiger partial charge in [-0.2, -0.15) is 0 Å². The maximum Gasteiger partial charge on any atom is 0.0662 e. The Balaban J connectivity index is 2.57. The van der Waals surface area contributed by atoms with Crippen LogP contribution in [-0.4, -0.2) is 24.7 Å². The molecule has 1 heterocycles. The minimum absolute atomic E-state index is 0.259. The van der Waals surface area contributed by atoms with E-state index >= 15 is 0 Å². The summed E-state index contributed by atoms with van der Waals surface area (Å²) in [6, 6.07) is 4.44. The topological polar surface area (TPSA) is 34.1 Å². The number of nitrogens with one attached hydrogen (secondary N) is 1. The van der Waals surface area contributed by atoms with E-state index in [0.29, 0.717) is 0 Å². The minimum Gasteiger partial charge on any atom is -0.379 e. The van der Waals surface area contributed by atoms with Crippen molar-refractivity contribution in [2.45, 2.75) is 39.7 Å². The Bertz CT molecular complexity index is 298. The number of nitrogens with zero attached hydrogens (tertiary/aromatic N) is 1. The lowest BCUT2D eigenvalue weighted by Gasteiger charge is -2.18. The molecular formula is C14H24N2O. The Morgan fingerprint density at radius 3 is 2.71 bits per heavy atom. The summed E-state index contributed by atoms with van der Waals surface area (Å²) in [4.78, 5) is 4.34. The van der Waals surface area contributed by atoms with Gasteiger partial charge in [0.05, 0.1) is 12.6 Å². The number of pyridine rings is 1. The van der Waals surface area contributed by atoms with Gasteiger partial charge < -0.3 is 10.1 Å². The number of aromatic nitrogens is 1. The summed E-state index contributed by atoms with van der Waals surface area (Å²) >= 11 is 0. The van der Waals surface area contributed by atoms with E-state index in [9.17, 15) is 0 Å². The first-order valence-corrected chi connectivity index (χ1v) is 6.51. The molecule has 3 heteroatoms. The molecule has 1 rings (SSSR count). The molecule has 0 amide bonds. The third kappa shape index (κ3) is 5.29. The molecule has 0 fully saturated rings. The van der Waals surface area contributed by atoms with Gasteiger partial charge in [-0.1, -0.05) is 19.9 Å². The fraction of sp³-hybridized carbons (Fsp3) is 0.643. The van der Waals surface area contributed by atoms with Crippen LogP contribution in [0.5, 0.6) is 0 Å². The standard InChI is InChI=1S/C14H24N2O/c1-4-8-15-14(11-17-9-5-2)13-7-6-12(3)16-10-13/h6-7,10,14-15H,4-5,8-9,11H2,1-3H3. The van der Waals surface area contributed by atoms with Crippen molar-refractivity contribution >= 4 is 0 Å². The third-order valence-electron chi connectivity index (χ3n) is 2.61. The molecule has 0 saturated carbocycles. The molecule has 1 aromatic heterocycles. The number of rotatable bonds is 8. The predicted molar refractivity (Wildman–Crippen MR) is 71.1 cm³/mol. The molecule has 3 nitrogen and oxygen atoms in total. The number of hydrogen-bond donors (Lipinski definition) is 1. The van der Waals surface area contributed by atoms with Crippen LogP contribution in [0.2, 0.25) is 0 Å². The van der Waals surface area contributed by atoms with Gasteiger partial charge in [-0.3, -0.25) is 4.98 Å². The van der Waals surface area contributed by atoms with Gasteiger partial charge in [0.25, 0.3) is 0 Å². The van der Waals surface area contributed by atoms with Crippen LogP contribution in [0.4, 0.5) is 0 Å². The molecule has 0 aliphatic carbocycles. The van der Waals surface area contributed by atoms with E-state index in [0.717, 1.165) is 38.3 Å². The average molecular weight is 236 g/mol. The van der Waals surface area contributed by atoms with Crippen molar-refractivity contribution in [3.05, 3.63) is 29.6 Å². The predicted octanol–water partition coefficient (Wildman–Crippen LogP) is 2.86. The monoisotopic (exact) mass is 236 g/mol. The van der Waals surface area contributed by atoms with E-state index < -0.39 is 0 Å². The molecule has 0 bridgehead atoms. The molecule has 17 heavy (non-hydrogen) atoms. The Kier molecular flexibility index (Phi) is 6.82. The van der Waals surface area contributed by atoms with Crippen LogP contribution in [0.15, 0.2) is 18.3 Å². The largest absolute Gasteiger partial charge is 0.379 e. The third-order valence-corrected chi connectivity index (χ3v) is 2.61. The van der Waals surface area contributed by atoms with E-state index in [-0.39, 0.29) is 6.04 Å². The highest BCUT2D eigenvalue weighted by Crippen LogP contribution is 2.13. The Morgan fingerprint density at radius 1 is 1.29 bits per heavy atom. The van der Waals surface area contributed by atoms with Crippen LogP contribution in [-0.2, 0) is 4.74 Å². The van der Waals surface area contributed by atoms with Crippen LogP contribution in [0.1, 0.15) is 44.0 Å². The van der Waals surface area contributed by atoms with E-state index in [1.165, 1.54) is 5.56 Å². The van der Waals surface area contributed by atoms with Crippen molar-refractivity contribution in [1.82, 2.24) is 10.3 Å². The van der Waals surface area contributed by atoms with Gasteiger partial charge in [-0.25, -0.2) is 0 Å². The lowest BCUT2D eigenvalue weighted by Crippen LogP contribution is -2.26. The zero-order valence-electron chi connectivity index (χ0n) is 11.2. The Hall–Kier alpha value is -0.930. The zero-order valence-corrected chi connectivity index (χ0v) is 11.2. The van der Waals surface area contributed by atoms with Gasteiger partial charge in [0.2, 0.25) is 0 Å². The molecule has 0 aliphatic heterocycles. The molecule has 1 unspecified atom stereocenters. The van der Waals surface area contributed by atoms with Crippen LogP contribution < -0.4 is 5.32 Å². The van der Waals surface area contributed by atoms with E-state index in [1.54, 1.807) is 0 Å². The van der Waals surface area contributed by atoms with Crippen LogP contribution in [0.3, 0.4) is 0 Å². The first-order chi connectivity index (χ1) is 8.27. The maximum absolute atomic E-state index is 5.64. The molecule has 1 atom stereocenters. The van der Waals surface area contributed by atoms with Crippen LogP contribution in [0.25, 0.3) is 0 Å². The molecule has 1 aromatic rings. The summed E-state index contributed by atoms with van der Waals surface area (Å²) in [5.74, 6) is 0. The Labute approximate surface area is 105 Å². The van der Waals surface area contributed by atoms with Crippen molar-refractivity contribution in [2.75, 3.05) is 19.8 Å². The first-order valence-electron chi connectivity index (χ1n) is 6.51. The lowest BCUT2D eigenvalue weighted by atomic mass is 10.1. The summed E-state index contributed by atoms with van der Waals surface area (Å²) in [7, 11) is 0. The minimum atomic E-state index is 0.259. The highest BCUT2D eigenvalue weighted by atomic mass is 16.5. The van der Waals surface area contributed by atoms with Gasteiger partial charge in [0.15, 0.2) is 0 Å². The van der Waals surface area contributed by atoms with Crippen molar-refractivity contribution in [1.29, 1.82) is 0 Å². The van der Waals surface area contributed by atoms with Gasteiger partial charge in [-0.05, 0) is 37.9 Å². The van der Waals surface area contributed by atoms with Gasteiger partial charge in [-0.15, -0.1) is 0 Å². The molecule has 0 radical (unpaired) electrons. The summed E-state index contributed by atoms with van der Waals surface area (Å²) in [6.07, 6.45) is 4.13. The van der Waals surface area contributed by atoms with Crippen molar-refractivity contribution < 1.29 is 4.74 Å². The normalized spacial score (nSPS) is 12.6. The van der Waals surface area contributed by atoms with Gasteiger partial charge in [0.1, 0.15) is 0 Å². The quantitative estimate of drug-likeness (QED) is 0.705. The maximum atomic E-state index is 5.64. The molecule has 0 aliphatic rings. The van der Waals surface area contributed by atoms with Crippen LogP contribution >= 0.6 is 0 Å². The lowest BCUT2D eigenvalue weighted by molar-refractivity contribution is 0.112. The van der Waals surface area contributed by atoms with Crippen molar-refractivity contribution in [2.24, 2.45) is 0 Å². The van der Waals surface area contributed by atoms with Crippen molar-refractivity contribution in [3.8, 4) is 0 Å². The summed E-state index contributed by atoms with van der Waals surface area (Å²) in [5.41, 5.74) is 2.26. The number of ether oxygens (including phenoxy) is 1. The number of hydrogen-bond acceptors (Lipinski definition) is 3. The van der Waals surface area contributed by atoms with E-state index in [2.05, 4.69) is 36.3 Å². The smallest absolute Gasteiger partial charge is 0.0662 e. The second-order valence-electron chi connectivity index (χ2n) is 4.31. The molecule has 0 saturated heterocycles. The Morgan fingerprint density at radius 2 is 2.12 bits per heavy atom. The molecule has 96 valence electrons. The molecule has 1 N–H and O–H groups in total. The highest BCUT2D eigenvalue weighted by Gasteiger charge is 2.10. The molecule has 0 spiro atoms. The molecular weight excluding hydrogens is 212 g/mol. The highest BCUT2D eigenvalue weighted by molar-refractivity contribution is 5.17. The van der Waals surface area contributed by atoms with Crippen molar-refractivity contribution in [3.63, 3.8) is 0 Å². The SMILES string of the molecule is CCCNC(COCCC)c1ccc(C)nc1. The summed E-state index contributed by atoms with van der Waals surface area (Å²) in [6.45, 7) is 8.86. The second kappa shape index (κ2) is 8.20. The van der Waals surface area contributed by atoms with Gasteiger partial charge >= 0.3 is 0 Å². The van der Waals surface area contributed by atoms with E-state index in [4.69, 9.17) is 4.74 Å². The van der Waals surface area contributed by atoms with Crippen LogP contribution in [0, 0.1) is 6.92 Å².